The summed E-state index contributed by atoms with van der Waals surface area (Å²) in [6.45, 7) is -0.138. The first-order valence-corrected chi connectivity index (χ1v) is 5.61. The van der Waals surface area contributed by atoms with Gasteiger partial charge in [0.1, 0.15) is 11.9 Å². The van der Waals surface area contributed by atoms with Gasteiger partial charge in [-0.2, -0.15) is 0 Å². The van der Waals surface area contributed by atoms with Crippen LogP contribution in [0.3, 0.4) is 0 Å². The Balaban J connectivity index is 2.66. The van der Waals surface area contributed by atoms with Crippen molar-refractivity contribution in [1.29, 1.82) is 0 Å². The second-order valence-electron chi connectivity index (χ2n) is 3.73. The highest BCUT2D eigenvalue weighted by Gasteiger charge is 2.15. The van der Waals surface area contributed by atoms with E-state index in [0.29, 0.717) is 11.4 Å². The quantitative estimate of drug-likeness (QED) is 0.613. The van der Waals surface area contributed by atoms with E-state index >= 15 is 0 Å². The zero-order valence-corrected chi connectivity index (χ0v) is 10.6. The summed E-state index contributed by atoms with van der Waals surface area (Å²) in [5, 5.41) is 2.63. The second kappa shape index (κ2) is 7.34. The van der Waals surface area contributed by atoms with E-state index in [1.165, 1.54) is 7.11 Å². The molecule has 5 N–H and O–H groups in total. The maximum absolute atomic E-state index is 11.7. The Morgan fingerprint density at radius 3 is 2.74 bits per heavy atom. The van der Waals surface area contributed by atoms with Crippen LogP contribution in [0.4, 0.5) is 5.69 Å². The fraction of sp³-hybridized carbons (Fsp3) is 0.333. The smallest absolute Gasteiger partial charge is 0.255 e. The molecule has 1 aromatic carbocycles. The molecule has 0 aliphatic heterocycles. The molecule has 0 radical (unpaired) electrons. The largest absolute Gasteiger partial charge is 0.484 e. The van der Waals surface area contributed by atoms with E-state index in [9.17, 15) is 9.59 Å². The molecule has 7 heteroatoms. The van der Waals surface area contributed by atoms with Gasteiger partial charge in [0, 0.05) is 25.4 Å². The summed E-state index contributed by atoms with van der Waals surface area (Å²) in [6, 6.07) is 6.58. The van der Waals surface area contributed by atoms with E-state index in [-0.39, 0.29) is 19.1 Å². The van der Waals surface area contributed by atoms with Gasteiger partial charge in [0.25, 0.3) is 11.8 Å². The van der Waals surface area contributed by atoms with Crippen LogP contribution in [0.25, 0.3) is 0 Å². The van der Waals surface area contributed by atoms with E-state index in [0.717, 1.165) is 0 Å². The molecular weight excluding hydrogens is 250 g/mol. The van der Waals surface area contributed by atoms with Crippen molar-refractivity contribution < 1.29 is 19.1 Å². The molecule has 0 fully saturated rings. The molecule has 1 unspecified atom stereocenters. The Labute approximate surface area is 110 Å². The van der Waals surface area contributed by atoms with Crippen molar-refractivity contribution in [2.24, 2.45) is 11.5 Å². The minimum absolute atomic E-state index is 0.0835. The topological polar surface area (TPSA) is 117 Å². The number of primary amides is 1. The molecule has 1 aromatic rings. The number of benzene rings is 1. The number of hydrogen-bond acceptors (Lipinski definition) is 5. The van der Waals surface area contributed by atoms with Gasteiger partial charge in [-0.25, -0.2) is 0 Å². The lowest BCUT2D eigenvalue weighted by atomic mass is 10.2. The van der Waals surface area contributed by atoms with Crippen molar-refractivity contribution in [2.75, 3.05) is 25.6 Å². The van der Waals surface area contributed by atoms with Crippen LogP contribution in [0, 0.1) is 0 Å². The van der Waals surface area contributed by atoms with Gasteiger partial charge in [0.05, 0.1) is 0 Å². The van der Waals surface area contributed by atoms with Crippen LogP contribution >= 0.6 is 0 Å². The molecule has 0 saturated carbocycles. The Morgan fingerprint density at radius 2 is 2.16 bits per heavy atom. The summed E-state index contributed by atoms with van der Waals surface area (Å²) in [7, 11) is 1.41. The number of ether oxygens (including phenoxy) is 2. The number of methoxy groups -OCH3 is 1. The molecule has 0 saturated heterocycles. The summed E-state index contributed by atoms with van der Waals surface area (Å²) < 4.78 is 10.0. The Hall–Kier alpha value is -2.12. The number of carbonyl (C=O) groups excluding carboxylic acids is 2. The fourth-order valence-corrected chi connectivity index (χ4v) is 1.35. The molecule has 2 amide bonds. The van der Waals surface area contributed by atoms with Gasteiger partial charge in [-0.05, 0) is 12.1 Å². The fourth-order valence-electron chi connectivity index (χ4n) is 1.35. The van der Waals surface area contributed by atoms with E-state index in [4.69, 9.17) is 20.9 Å². The Morgan fingerprint density at radius 1 is 1.42 bits per heavy atom. The second-order valence-corrected chi connectivity index (χ2v) is 3.73. The standard InChI is InChI=1S/C12H17N3O4/c1-18-10(6-13)12(17)15-8-3-2-4-9(5-8)19-7-11(14)16/h2-5,10H,6-7,13H2,1H3,(H2,14,16)(H,15,17). The lowest BCUT2D eigenvalue weighted by Gasteiger charge is -2.13. The third-order valence-corrected chi connectivity index (χ3v) is 2.27. The number of amides is 2. The molecular formula is C12H17N3O4. The van der Waals surface area contributed by atoms with Crippen molar-refractivity contribution in [3.8, 4) is 5.75 Å². The highest BCUT2D eigenvalue weighted by Crippen LogP contribution is 2.17. The first-order valence-electron chi connectivity index (χ1n) is 5.61. The Kier molecular flexibility index (Phi) is 5.77. The van der Waals surface area contributed by atoms with E-state index in [1.807, 2.05) is 0 Å². The maximum Gasteiger partial charge on any atom is 0.255 e. The number of nitrogens with one attached hydrogen (secondary N) is 1. The van der Waals surface area contributed by atoms with Crippen LogP contribution in [0.2, 0.25) is 0 Å². The zero-order chi connectivity index (χ0) is 14.3. The SMILES string of the molecule is COC(CN)C(=O)Nc1cccc(OCC(N)=O)c1. The van der Waals surface area contributed by atoms with Gasteiger partial charge in [-0.1, -0.05) is 6.07 Å². The van der Waals surface area contributed by atoms with Gasteiger partial charge in [-0.3, -0.25) is 9.59 Å². The van der Waals surface area contributed by atoms with Crippen LogP contribution < -0.4 is 21.5 Å². The highest BCUT2D eigenvalue weighted by molar-refractivity contribution is 5.94. The van der Waals surface area contributed by atoms with Crippen LogP contribution in [0.15, 0.2) is 24.3 Å². The molecule has 0 aliphatic carbocycles. The third-order valence-electron chi connectivity index (χ3n) is 2.27. The van der Waals surface area contributed by atoms with Crippen LogP contribution in [0.1, 0.15) is 0 Å². The van der Waals surface area contributed by atoms with Crippen molar-refractivity contribution in [2.45, 2.75) is 6.10 Å². The van der Waals surface area contributed by atoms with Crippen LogP contribution in [0.5, 0.6) is 5.75 Å². The average Bonchev–Trinajstić information content (AvgIpc) is 2.38. The first-order chi connectivity index (χ1) is 9.06. The summed E-state index contributed by atoms with van der Waals surface area (Å²) >= 11 is 0. The molecule has 104 valence electrons. The molecule has 0 aliphatic rings. The normalized spacial score (nSPS) is 11.7. The molecule has 7 nitrogen and oxygen atoms in total. The number of rotatable bonds is 7. The van der Waals surface area contributed by atoms with Crippen LogP contribution in [-0.4, -0.2) is 38.2 Å². The van der Waals surface area contributed by atoms with Crippen LogP contribution in [-0.2, 0) is 14.3 Å². The molecule has 0 aromatic heterocycles. The highest BCUT2D eigenvalue weighted by atomic mass is 16.5. The number of nitrogens with two attached hydrogens (primary N) is 2. The molecule has 0 heterocycles. The van der Waals surface area contributed by atoms with Gasteiger partial charge in [-0.15, -0.1) is 0 Å². The van der Waals surface area contributed by atoms with Gasteiger partial charge >= 0.3 is 0 Å². The van der Waals surface area contributed by atoms with E-state index in [2.05, 4.69) is 5.32 Å². The predicted octanol–water partition coefficient (Wildman–Crippen LogP) is -0.537. The molecule has 0 bridgehead atoms. The maximum atomic E-state index is 11.7. The van der Waals surface area contributed by atoms with Crippen molar-refractivity contribution in [1.82, 2.24) is 0 Å². The first kappa shape index (κ1) is 14.9. The molecule has 19 heavy (non-hydrogen) atoms. The average molecular weight is 267 g/mol. The van der Waals surface area contributed by atoms with Crippen molar-refractivity contribution in [3.05, 3.63) is 24.3 Å². The molecule has 1 atom stereocenters. The molecule has 1 rings (SSSR count). The van der Waals surface area contributed by atoms with Gasteiger partial charge < -0.3 is 26.3 Å². The summed E-state index contributed by atoms with van der Waals surface area (Å²) in [5.41, 5.74) is 10.9. The summed E-state index contributed by atoms with van der Waals surface area (Å²) in [6.07, 6.45) is -0.713. The zero-order valence-electron chi connectivity index (χ0n) is 10.6. The van der Waals surface area contributed by atoms with Crippen molar-refractivity contribution >= 4 is 17.5 Å². The number of hydrogen-bond donors (Lipinski definition) is 3. The van der Waals surface area contributed by atoms with Gasteiger partial charge in [0.15, 0.2) is 6.61 Å². The third kappa shape index (κ3) is 4.94. The van der Waals surface area contributed by atoms with E-state index in [1.54, 1.807) is 24.3 Å². The lowest BCUT2D eigenvalue weighted by Crippen LogP contribution is -2.35. The minimum atomic E-state index is -0.713. The minimum Gasteiger partial charge on any atom is -0.484 e. The van der Waals surface area contributed by atoms with Gasteiger partial charge in [0.2, 0.25) is 0 Å². The summed E-state index contributed by atoms with van der Waals surface area (Å²) in [5.74, 6) is -0.493. The number of carbonyl (C=O) groups is 2. The summed E-state index contributed by atoms with van der Waals surface area (Å²) in [4.78, 5) is 22.3. The van der Waals surface area contributed by atoms with E-state index < -0.39 is 12.0 Å². The number of anilines is 1. The predicted molar refractivity (Wildman–Crippen MR) is 69.6 cm³/mol. The molecule has 0 spiro atoms. The lowest BCUT2D eigenvalue weighted by molar-refractivity contribution is -0.125. The monoisotopic (exact) mass is 267 g/mol. The Bertz CT molecular complexity index is 446. The van der Waals surface area contributed by atoms with Crippen molar-refractivity contribution in [3.63, 3.8) is 0 Å².